The Morgan fingerprint density at radius 2 is 1.48 bits per heavy atom. The average Bonchev–Trinajstić information content (AvgIpc) is 2.59. The van der Waals surface area contributed by atoms with Gasteiger partial charge in [-0.25, -0.2) is 4.79 Å². The predicted octanol–water partition coefficient (Wildman–Crippen LogP) is 5.74. The standard InChI is InChI=1S/C22H34O3/c1-3-5-14-18-21(23)19-16-13-11-9-7-6-8-10-12-15-17-20(4-2)22(24)25/h6-12,15,17,21,23H,3-5,13-14,16,18-19H2,1-2H3,(H,24,25). The van der Waals surface area contributed by atoms with Gasteiger partial charge in [-0.3, -0.25) is 0 Å². The van der Waals surface area contributed by atoms with Crippen molar-refractivity contribution in [3.63, 3.8) is 0 Å². The molecule has 0 aromatic carbocycles. The molecular formula is C22H34O3. The second kappa shape index (κ2) is 17.0. The van der Waals surface area contributed by atoms with Gasteiger partial charge in [0.1, 0.15) is 0 Å². The Balaban J connectivity index is 3.83. The number of allylic oxidation sites excluding steroid dienone is 9. The smallest absolute Gasteiger partial charge is 0.331 e. The van der Waals surface area contributed by atoms with Crippen molar-refractivity contribution in [2.75, 3.05) is 0 Å². The molecule has 0 spiro atoms. The summed E-state index contributed by atoms with van der Waals surface area (Å²) in [6.45, 7) is 4.00. The van der Waals surface area contributed by atoms with Crippen LogP contribution in [0.1, 0.15) is 65.2 Å². The molecule has 0 aliphatic rings. The summed E-state index contributed by atoms with van der Waals surface area (Å²) in [5, 5.41) is 18.7. The van der Waals surface area contributed by atoms with E-state index in [2.05, 4.69) is 13.0 Å². The lowest BCUT2D eigenvalue weighted by atomic mass is 10.1. The number of carboxylic acids is 1. The molecule has 0 radical (unpaired) electrons. The summed E-state index contributed by atoms with van der Waals surface area (Å²) in [5.41, 5.74) is 0.401. The van der Waals surface area contributed by atoms with Crippen molar-refractivity contribution >= 4 is 5.97 Å². The van der Waals surface area contributed by atoms with Gasteiger partial charge >= 0.3 is 5.97 Å². The first kappa shape index (κ1) is 23.1. The lowest BCUT2D eigenvalue weighted by Gasteiger charge is -2.08. The van der Waals surface area contributed by atoms with Crippen molar-refractivity contribution in [2.45, 2.75) is 71.3 Å². The molecular weight excluding hydrogens is 312 g/mol. The van der Waals surface area contributed by atoms with Crippen molar-refractivity contribution in [1.29, 1.82) is 0 Å². The molecule has 0 saturated carbocycles. The number of carbonyl (C=O) groups is 1. The van der Waals surface area contributed by atoms with Crippen molar-refractivity contribution < 1.29 is 15.0 Å². The molecule has 3 nitrogen and oxygen atoms in total. The number of aliphatic carboxylic acids is 1. The van der Waals surface area contributed by atoms with Crippen LogP contribution in [0.3, 0.4) is 0 Å². The van der Waals surface area contributed by atoms with Crippen LogP contribution in [0.4, 0.5) is 0 Å². The molecule has 1 atom stereocenters. The molecule has 1 unspecified atom stereocenters. The van der Waals surface area contributed by atoms with Crippen LogP contribution in [0.25, 0.3) is 0 Å². The third-order valence-corrected chi connectivity index (χ3v) is 3.80. The van der Waals surface area contributed by atoms with E-state index in [0.29, 0.717) is 12.0 Å². The number of hydrogen-bond donors (Lipinski definition) is 2. The zero-order valence-corrected chi connectivity index (χ0v) is 15.7. The van der Waals surface area contributed by atoms with Crippen LogP contribution < -0.4 is 0 Å². The first-order valence-electron chi connectivity index (χ1n) is 9.38. The minimum Gasteiger partial charge on any atom is -0.478 e. The van der Waals surface area contributed by atoms with E-state index in [1.165, 1.54) is 12.8 Å². The quantitative estimate of drug-likeness (QED) is 0.239. The maximum atomic E-state index is 10.8. The Morgan fingerprint density at radius 3 is 2.08 bits per heavy atom. The Labute approximate surface area is 153 Å². The van der Waals surface area contributed by atoms with Gasteiger partial charge in [-0.2, -0.15) is 0 Å². The molecule has 0 aliphatic heterocycles. The maximum Gasteiger partial charge on any atom is 0.331 e. The molecule has 25 heavy (non-hydrogen) atoms. The van der Waals surface area contributed by atoms with Gasteiger partial charge in [0.25, 0.3) is 0 Å². The van der Waals surface area contributed by atoms with Gasteiger partial charge in [-0.05, 0) is 32.1 Å². The van der Waals surface area contributed by atoms with Crippen molar-refractivity contribution in [3.05, 3.63) is 60.3 Å². The van der Waals surface area contributed by atoms with Gasteiger partial charge in [-0.1, -0.05) is 87.8 Å². The van der Waals surface area contributed by atoms with Crippen LogP contribution in [-0.2, 0) is 4.79 Å². The van der Waals surface area contributed by atoms with E-state index in [-0.39, 0.29) is 6.10 Å². The highest BCUT2D eigenvalue weighted by molar-refractivity contribution is 5.86. The summed E-state index contributed by atoms with van der Waals surface area (Å²) in [5.74, 6) is -0.866. The zero-order chi connectivity index (χ0) is 18.8. The third kappa shape index (κ3) is 15.4. The van der Waals surface area contributed by atoms with E-state index in [1.54, 1.807) is 12.2 Å². The number of carboxylic acid groups (broad SMARTS) is 1. The van der Waals surface area contributed by atoms with Crippen molar-refractivity contribution in [2.24, 2.45) is 0 Å². The Bertz CT molecular complexity index is 482. The second-order valence-corrected chi connectivity index (χ2v) is 6.01. The first-order valence-corrected chi connectivity index (χ1v) is 9.38. The lowest BCUT2D eigenvalue weighted by molar-refractivity contribution is -0.132. The normalized spacial score (nSPS) is 14.4. The number of aliphatic hydroxyl groups is 1. The molecule has 0 aromatic rings. The molecule has 0 aliphatic carbocycles. The summed E-state index contributed by atoms with van der Waals surface area (Å²) >= 11 is 0. The van der Waals surface area contributed by atoms with E-state index >= 15 is 0 Å². The minimum absolute atomic E-state index is 0.145. The number of rotatable bonds is 14. The molecule has 0 rings (SSSR count). The summed E-state index contributed by atoms with van der Waals surface area (Å²) in [4.78, 5) is 10.8. The van der Waals surface area contributed by atoms with E-state index in [4.69, 9.17) is 5.11 Å². The molecule has 3 heteroatoms. The van der Waals surface area contributed by atoms with Crippen LogP contribution in [0.2, 0.25) is 0 Å². The number of hydrogen-bond acceptors (Lipinski definition) is 2. The van der Waals surface area contributed by atoms with Gasteiger partial charge in [-0.15, -0.1) is 0 Å². The number of unbranched alkanes of at least 4 members (excludes halogenated alkanes) is 3. The molecule has 0 fully saturated rings. The molecule has 0 saturated heterocycles. The number of aliphatic hydroxyl groups excluding tert-OH is 1. The molecule has 0 aromatic heterocycles. The summed E-state index contributed by atoms with van der Waals surface area (Å²) in [6.07, 6.45) is 24.7. The molecule has 0 amide bonds. The van der Waals surface area contributed by atoms with Gasteiger partial charge in [0, 0.05) is 5.57 Å². The van der Waals surface area contributed by atoms with E-state index in [1.807, 2.05) is 43.4 Å². The minimum atomic E-state index is -0.866. The van der Waals surface area contributed by atoms with E-state index in [0.717, 1.165) is 32.1 Å². The topological polar surface area (TPSA) is 57.5 Å². The van der Waals surface area contributed by atoms with Gasteiger partial charge < -0.3 is 10.2 Å². The average molecular weight is 347 g/mol. The monoisotopic (exact) mass is 346 g/mol. The third-order valence-electron chi connectivity index (χ3n) is 3.80. The fourth-order valence-electron chi connectivity index (χ4n) is 2.25. The van der Waals surface area contributed by atoms with Crippen LogP contribution in [-0.4, -0.2) is 22.3 Å². The summed E-state index contributed by atoms with van der Waals surface area (Å²) in [7, 11) is 0. The van der Waals surface area contributed by atoms with Crippen molar-refractivity contribution in [1.82, 2.24) is 0 Å². The summed E-state index contributed by atoms with van der Waals surface area (Å²) < 4.78 is 0. The SMILES string of the molecule is CCCCCC(O)CCCC=CC=CC=CC=CC=C(CC)C(=O)O. The predicted molar refractivity (Wildman–Crippen MR) is 107 cm³/mol. The zero-order valence-electron chi connectivity index (χ0n) is 15.7. The Hall–Kier alpha value is -1.87. The fraction of sp³-hybridized carbons (Fsp3) is 0.500. The Morgan fingerprint density at radius 1 is 0.880 bits per heavy atom. The van der Waals surface area contributed by atoms with Crippen LogP contribution in [0.15, 0.2) is 60.3 Å². The van der Waals surface area contributed by atoms with Gasteiger partial charge in [0.05, 0.1) is 6.10 Å². The van der Waals surface area contributed by atoms with Crippen LogP contribution in [0.5, 0.6) is 0 Å². The van der Waals surface area contributed by atoms with Crippen molar-refractivity contribution in [3.8, 4) is 0 Å². The highest BCUT2D eigenvalue weighted by Crippen LogP contribution is 2.09. The molecule has 2 N–H and O–H groups in total. The fourth-order valence-corrected chi connectivity index (χ4v) is 2.25. The van der Waals surface area contributed by atoms with Gasteiger partial charge in [0.2, 0.25) is 0 Å². The highest BCUT2D eigenvalue weighted by atomic mass is 16.4. The Kier molecular flexibility index (Phi) is 15.7. The van der Waals surface area contributed by atoms with E-state index in [9.17, 15) is 9.90 Å². The molecule has 0 bridgehead atoms. The van der Waals surface area contributed by atoms with E-state index < -0.39 is 5.97 Å². The van der Waals surface area contributed by atoms with Crippen LogP contribution >= 0.6 is 0 Å². The van der Waals surface area contributed by atoms with Gasteiger partial charge in [0.15, 0.2) is 0 Å². The van der Waals surface area contributed by atoms with Crippen LogP contribution in [0, 0.1) is 0 Å². The second-order valence-electron chi connectivity index (χ2n) is 6.01. The molecule has 0 heterocycles. The largest absolute Gasteiger partial charge is 0.478 e. The summed E-state index contributed by atoms with van der Waals surface area (Å²) in [6, 6.07) is 0. The maximum absolute atomic E-state index is 10.8. The first-order chi connectivity index (χ1) is 12.1. The highest BCUT2D eigenvalue weighted by Gasteiger charge is 2.02. The lowest BCUT2D eigenvalue weighted by Crippen LogP contribution is -2.05. The molecule has 140 valence electrons.